The first kappa shape index (κ1) is 24.3. The van der Waals surface area contributed by atoms with Gasteiger partial charge >= 0.3 is 0 Å². The predicted octanol–water partition coefficient (Wildman–Crippen LogP) is 3.77. The third-order valence-corrected chi connectivity index (χ3v) is 5.91. The Morgan fingerprint density at radius 3 is 2.46 bits per heavy atom. The van der Waals surface area contributed by atoms with E-state index in [1.165, 1.54) is 12.1 Å². The molecule has 4 rings (SSSR count). The van der Waals surface area contributed by atoms with Gasteiger partial charge in [0.15, 0.2) is 0 Å². The molecule has 1 saturated heterocycles. The Kier molecular flexibility index (Phi) is 7.39. The number of nitrogens with one attached hydrogen (secondary N) is 1. The number of phenolic OH excluding ortho intramolecular Hbond substituents is 1. The zero-order valence-electron chi connectivity index (χ0n) is 19.4. The Hall–Kier alpha value is -3.80. The monoisotopic (exact) mass is 493 g/mol. The number of nitrogens with zero attached hydrogens (tertiary/aromatic N) is 4. The number of hydrogen-bond donors (Lipinski definition) is 2. The van der Waals surface area contributed by atoms with Crippen molar-refractivity contribution in [3.8, 4) is 40.1 Å². The summed E-state index contributed by atoms with van der Waals surface area (Å²) in [6.45, 7) is 3.43. The van der Waals surface area contributed by atoms with Crippen LogP contribution in [0.2, 0.25) is 5.02 Å². The van der Waals surface area contributed by atoms with E-state index in [0.29, 0.717) is 28.8 Å². The second-order valence-electron chi connectivity index (χ2n) is 8.28. The lowest BCUT2D eigenvalue weighted by Gasteiger charge is -2.29. The fourth-order valence-electron chi connectivity index (χ4n) is 3.88. The van der Waals surface area contributed by atoms with E-state index in [2.05, 4.69) is 27.3 Å². The van der Waals surface area contributed by atoms with Crippen LogP contribution in [-0.2, 0) is 4.79 Å². The maximum Gasteiger partial charge on any atom is 0.226 e. The number of benzene rings is 2. The lowest BCUT2D eigenvalue weighted by molar-refractivity contribution is -0.106. The number of anilines is 2. The van der Waals surface area contributed by atoms with Crippen molar-refractivity contribution in [2.75, 3.05) is 50.1 Å². The molecular formula is C26H25ClFN5O2. The number of amides is 1. The third-order valence-electron chi connectivity index (χ3n) is 5.61. The topological polar surface area (TPSA) is 71.9 Å². The van der Waals surface area contributed by atoms with Crippen LogP contribution >= 0.6 is 11.6 Å². The van der Waals surface area contributed by atoms with Crippen molar-refractivity contribution in [1.29, 1.82) is 0 Å². The summed E-state index contributed by atoms with van der Waals surface area (Å²) in [6, 6.07) is 14.7. The highest BCUT2D eigenvalue weighted by atomic mass is 35.5. The molecule has 1 aromatic heterocycles. The number of halogens is 2. The molecule has 2 aromatic carbocycles. The van der Waals surface area contributed by atoms with Crippen molar-refractivity contribution >= 4 is 29.4 Å². The first-order chi connectivity index (χ1) is 16.9. The second kappa shape index (κ2) is 10.6. The summed E-state index contributed by atoms with van der Waals surface area (Å²) in [5.41, 5.74) is 3.00. The van der Waals surface area contributed by atoms with E-state index < -0.39 is 5.82 Å². The fourth-order valence-corrected chi connectivity index (χ4v) is 4.15. The van der Waals surface area contributed by atoms with Gasteiger partial charge in [-0.2, -0.15) is 0 Å². The van der Waals surface area contributed by atoms with E-state index in [9.17, 15) is 14.3 Å². The van der Waals surface area contributed by atoms with Crippen LogP contribution in [-0.4, -0.2) is 61.7 Å². The maximum atomic E-state index is 14.7. The Morgan fingerprint density at radius 1 is 1.09 bits per heavy atom. The van der Waals surface area contributed by atoms with Crippen LogP contribution in [0.3, 0.4) is 0 Å². The minimum absolute atomic E-state index is 0.0888. The number of rotatable bonds is 5. The van der Waals surface area contributed by atoms with Gasteiger partial charge < -0.3 is 20.2 Å². The zero-order chi connectivity index (χ0) is 24.9. The van der Waals surface area contributed by atoms with E-state index in [-0.39, 0.29) is 16.3 Å². The van der Waals surface area contributed by atoms with Gasteiger partial charge in [0, 0.05) is 75.3 Å². The van der Waals surface area contributed by atoms with Gasteiger partial charge in [0.2, 0.25) is 6.41 Å². The molecule has 1 aliphatic rings. The van der Waals surface area contributed by atoms with Crippen LogP contribution in [0.15, 0.2) is 48.8 Å². The minimum Gasteiger partial charge on any atom is -0.507 e. The molecule has 0 unspecified atom stereocenters. The number of aromatic hydroxyl groups is 1. The van der Waals surface area contributed by atoms with Gasteiger partial charge in [-0.3, -0.25) is 9.78 Å². The second-order valence-corrected chi connectivity index (χ2v) is 8.69. The molecule has 1 amide bonds. The molecule has 0 spiro atoms. The summed E-state index contributed by atoms with van der Waals surface area (Å²) in [6.07, 6.45) is 3.93. The van der Waals surface area contributed by atoms with Gasteiger partial charge in [-0.15, -0.1) is 0 Å². The molecule has 2 N–H and O–H groups in total. The molecule has 0 radical (unpaired) electrons. The highest BCUT2D eigenvalue weighted by Crippen LogP contribution is 2.41. The lowest BCUT2D eigenvalue weighted by Crippen LogP contribution is -2.43. The smallest absolute Gasteiger partial charge is 0.226 e. The standard InChI is InChI=1S/C26H25ClFN5O2/c1-31(2)9-10-33(17-34)25-4-3-18(12-24(25)27)22-13-20(28)14-23(26(22)35)19-11-21(16-30-15-19)32-7-5-29-6-8-32/h3-4,11-17,29,35H,5-8H2,1-2H3. The van der Waals surface area contributed by atoms with Gasteiger partial charge in [-0.05, 0) is 35.9 Å². The molecule has 35 heavy (non-hydrogen) atoms. The molecule has 0 atom stereocenters. The molecule has 9 heteroatoms. The average Bonchev–Trinajstić information content (AvgIpc) is 2.86. The van der Waals surface area contributed by atoms with Crippen LogP contribution in [0.4, 0.5) is 15.8 Å². The Bertz CT molecular complexity index is 1300. The number of carbonyl (C=O) groups is 1. The van der Waals surface area contributed by atoms with Gasteiger partial charge in [0.05, 0.1) is 22.6 Å². The fraction of sp³-hybridized carbons (Fsp3) is 0.231. The molecule has 0 saturated carbocycles. The summed E-state index contributed by atoms with van der Waals surface area (Å²) in [7, 11) is 3.50. The van der Waals surface area contributed by atoms with Crippen molar-refractivity contribution in [1.82, 2.24) is 15.2 Å². The first-order valence-corrected chi connectivity index (χ1v) is 11.4. The van der Waals surface area contributed by atoms with E-state index in [0.717, 1.165) is 36.8 Å². The highest BCUT2D eigenvalue weighted by Gasteiger charge is 2.18. The highest BCUT2D eigenvalue weighted by molar-refractivity contribution is 6.34. The largest absolute Gasteiger partial charge is 0.507 e. The van der Waals surface area contributed by atoms with Crippen molar-refractivity contribution in [3.63, 3.8) is 0 Å². The molecule has 1 aliphatic heterocycles. The molecule has 0 aliphatic carbocycles. The van der Waals surface area contributed by atoms with Crippen molar-refractivity contribution in [2.24, 2.45) is 0 Å². The quantitative estimate of drug-likeness (QED) is 0.320. The first-order valence-electron chi connectivity index (χ1n) is 11.0. The molecule has 1 fully saturated rings. The summed E-state index contributed by atoms with van der Waals surface area (Å²) in [5.74, 6) is -0.596. The van der Waals surface area contributed by atoms with Gasteiger partial charge in [0.25, 0.3) is 0 Å². The number of hydrogen-bond acceptors (Lipinski definition) is 6. The van der Waals surface area contributed by atoms with Crippen LogP contribution in [0, 0.1) is 17.9 Å². The molecule has 2 heterocycles. The van der Waals surface area contributed by atoms with Gasteiger partial charge in [0.1, 0.15) is 11.6 Å². The summed E-state index contributed by atoms with van der Waals surface area (Å²) < 4.78 is 14.7. The van der Waals surface area contributed by atoms with Crippen LogP contribution in [0.25, 0.3) is 22.3 Å². The van der Waals surface area contributed by atoms with E-state index in [1.807, 2.05) is 6.07 Å². The normalized spacial score (nSPS) is 13.1. The Balaban J connectivity index is 1.72. The number of carbonyl (C=O) groups excluding carboxylic acids is 1. The average molecular weight is 494 g/mol. The number of pyridine rings is 1. The molecule has 7 nitrogen and oxygen atoms in total. The summed E-state index contributed by atoms with van der Waals surface area (Å²) in [5, 5.41) is 14.7. The van der Waals surface area contributed by atoms with E-state index in [1.54, 1.807) is 49.6 Å². The number of piperazine rings is 1. The summed E-state index contributed by atoms with van der Waals surface area (Å²) >= 11 is 6.45. The van der Waals surface area contributed by atoms with Crippen molar-refractivity contribution in [2.45, 2.75) is 0 Å². The summed E-state index contributed by atoms with van der Waals surface area (Å²) in [4.78, 5) is 20.8. The molecular weight excluding hydrogens is 469 g/mol. The van der Waals surface area contributed by atoms with Gasteiger partial charge in [-0.25, -0.2) is 9.29 Å². The molecule has 180 valence electrons. The van der Waals surface area contributed by atoms with Gasteiger partial charge in [-0.1, -0.05) is 17.7 Å². The third kappa shape index (κ3) is 5.48. The molecule has 3 aromatic rings. The van der Waals surface area contributed by atoms with Crippen molar-refractivity contribution < 1.29 is 14.3 Å². The zero-order valence-corrected chi connectivity index (χ0v) is 20.2. The Morgan fingerprint density at radius 2 is 1.80 bits per heavy atom. The number of aromatic nitrogens is 1. The van der Waals surface area contributed by atoms with Crippen molar-refractivity contribution in [3.05, 3.63) is 59.6 Å². The van der Waals surface area contributed by atoms with E-state index in [4.69, 9.17) is 11.6 Å². The van der Waals surface area contributed by atoms with Crippen LogP contribution in [0.5, 0.6) is 5.75 Å². The minimum atomic E-state index is -0.507. The van der Waals surface area contributed by atoms with E-state index >= 15 is 0 Å². The molecule has 0 bridgehead atoms. The number of phenols is 1. The van der Waals surface area contributed by atoms with Crippen LogP contribution in [0.1, 0.15) is 0 Å². The Labute approximate surface area is 208 Å². The van der Waals surface area contributed by atoms with Crippen LogP contribution < -0.4 is 15.1 Å². The maximum absolute atomic E-state index is 14.7. The lowest BCUT2D eigenvalue weighted by atomic mass is 9.97. The SMILES string of the molecule is CN(C)C#CN(C=O)c1ccc(-c2cc(F)cc(-c3cncc(N4CCNCC4)c3)c2O)cc1Cl. The predicted molar refractivity (Wildman–Crippen MR) is 137 cm³/mol.